The molecule has 0 radical (unpaired) electrons. The van der Waals surface area contributed by atoms with Crippen molar-refractivity contribution >= 4 is 17.6 Å². The highest BCUT2D eigenvalue weighted by molar-refractivity contribution is 5.68. The SMILES string of the molecule is O=C1NC2CC(C2)C(F)(F)Cc2cc(ccn2)Nc2cc([nH]n2)[C@H]2CC[C@H](C2)O1. The van der Waals surface area contributed by atoms with Crippen LogP contribution in [0.2, 0.25) is 0 Å². The van der Waals surface area contributed by atoms with Gasteiger partial charge in [0.05, 0.1) is 6.42 Å². The molecule has 154 valence electrons. The summed E-state index contributed by atoms with van der Waals surface area (Å²) in [6.45, 7) is 0. The molecule has 2 atom stereocenters. The van der Waals surface area contributed by atoms with Crippen molar-refractivity contribution in [3.05, 3.63) is 35.8 Å². The number of aromatic nitrogens is 3. The van der Waals surface area contributed by atoms with E-state index in [9.17, 15) is 13.6 Å². The number of hydrogen-bond donors (Lipinski definition) is 3. The van der Waals surface area contributed by atoms with Crippen LogP contribution in [0, 0.1) is 5.92 Å². The molecule has 2 aromatic heterocycles. The lowest BCUT2D eigenvalue weighted by Crippen LogP contribution is -2.51. The highest BCUT2D eigenvalue weighted by Crippen LogP contribution is 2.42. The minimum absolute atomic E-state index is 0.168. The molecule has 4 heterocycles. The highest BCUT2D eigenvalue weighted by atomic mass is 19.3. The van der Waals surface area contributed by atoms with Gasteiger partial charge in [-0.1, -0.05) is 0 Å². The summed E-state index contributed by atoms with van der Waals surface area (Å²) >= 11 is 0. The van der Waals surface area contributed by atoms with Crippen molar-refractivity contribution in [1.82, 2.24) is 20.5 Å². The van der Waals surface area contributed by atoms with Gasteiger partial charge in [0.15, 0.2) is 5.82 Å². The van der Waals surface area contributed by atoms with Crippen LogP contribution in [-0.2, 0) is 11.2 Å². The van der Waals surface area contributed by atoms with Crippen LogP contribution < -0.4 is 10.6 Å². The number of H-pyrrole nitrogens is 1. The zero-order chi connectivity index (χ0) is 20.0. The summed E-state index contributed by atoms with van der Waals surface area (Å²) in [5.74, 6) is -2.78. The first kappa shape index (κ1) is 18.3. The van der Waals surface area contributed by atoms with E-state index in [0.717, 1.165) is 25.0 Å². The Morgan fingerprint density at radius 2 is 2.03 bits per heavy atom. The maximum atomic E-state index is 14.7. The van der Waals surface area contributed by atoms with E-state index >= 15 is 0 Å². The van der Waals surface area contributed by atoms with E-state index in [2.05, 4.69) is 25.8 Å². The Bertz CT molecular complexity index is 912. The van der Waals surface area contributed by atoms with Crippen LogP contribution in [-0.4, -0.2) is 39.3 Å². The predicted molar refractivity (Wildman–Crippen MR) is 101 cm³/mol. The third kappa shape index (κ3) is 3.77. The largest absolute Gasteiger partial charge is 0.446 e. The number of alkyl halides is 2. The van der Waals surface area contributed by atoms with E-state index in [0.29, 0.717) is 17.2 Å². The van der Waals surface area contributed by atoms with Crippen molar-refractivity contribution in [2.45, 2.75) is 62.5 Å². The van der Waals surface area contributed by atoms with Gasteiger partial charge in [0.25, 0.3) is 5.92 Å². The smallest absolute Gasteiger partial charge is 0.407 e. The third-order valence-corrected chi connectivity index (χ3v) is 6.26. The molecule has 2 aromatic rings. The fourth-order valence-electron chi connectivity index (χ4n) is 4.56. The number of hydrogen-bond acceptors (Lipinski definition) is 5. The number of anilines is 2. The Hall–Kier alpha value is -2.71. The second-order valence-corrected chi connectivity index (χ2v) is 8.35. The molecule has 0 spiro atoms. The van der Waals surface area contributed by atoms with Crippen LogP contribution in [0.5, 0.6) is 0 Å². The van der Waals surface area contributed by atoms with Gasteiger partial charge in [0.2, 0.25) is 0 Å². The van der Waals surface area contributed by atoms with Crippen LogP contribution in [0.1, 0.15) is 49.4 Å². The summed E-state index contributed by atoms with van der Waals surface area (Å²) in [5, 5.41) is 13.2. The highest BCUT2D eigenvalue weighted by Gasteiger charge is 2.48. The first-order valence-corrected chi connectivity index (χ1v) is 10.1. The van der Waals surface area contributed by atoms with Gasteiger partial charge in [-0.15, -0.1) is 0 Å². The molecule has 9 heteroatoms. The molecule has 8 bridgehead atoms. The number of fused-ring (bicyclic) bond motifs is 3. The number of nitrogens with one attached hydrogen (secondary N) is 3. The normalized spacial score (nSPS) is 30.8. The molecule has 2 fully saturated rings. The molecule has 4 aliphatic rings. The number of carbonyl (C=O) groups is 1. The van der Waals surface area contributed by atoms with Gasteiger partial charge in [-0.2, -0.15) is 5.10 Å². The summed E-state index contributed by atoms with van der Waals surface area (Å²) in [4.78, 5) is 16.3. The Kier molecular flexibility index (Phi) is 4.40. The summed E-state index contributed by atoms with van der Waals surface area (Å²) < 4.78 is 34.9. The maximum absolute atomic E-state index is 14.7. The van der Waals surface area contributed by atoms with E-state index in [1.54, 1.807) is 12.1 Å². The van der Waals surface area contributed by atoms with Crippen molar-refractivity contribution in [2.24, 2.45) is 5.92 Å². The number of ether oxygens (including phenoxy) is 1. The molecule has 2 saturated carbocycles. The molecule has 2 aliphatic carbocycles. The van der Waals surface area contributed by atoms with Gasteiger partial charge >= 0.3 is 6.09 Å². The molecular formula is C20H23F2N5O2. The Morgan fingerprint density at radius 1 is 1.17 bits per heavy atom. The van der Waals surface area contributed by atoms with Crippen LogP contribution >= 0.6 is 0 Å². The molecule has 7 nitrogen and oxygen atoms in total. The minimum Gasteiger partial charge on any atom is -0.446 e. The van der Waals surface area contributed by atoms with Crippen molar-refractivity contribution < 1.29 is 18.3 Å². The van der Waals surface area contributed by atoms with Gasteiger partial charge in [0, 0.05) is 47.2 Å². The third-order valence-electron chi connectivity index (χ3n) is 6.26. The summed E-state index contributed by atoms with van der Waals surface area (Å²) in [5.41, 5.74) is 1.98. The number of alkyl carbamates (subject to hydrolysis) is 1. The molecular weight excluding hydrogens is 380 g/mol. The molecule has 0 unspecified atom stereocenters. The average Bonchev–Trinajstić information content (AvgIpc) is 3.26. The zero-order valence-electron chi connectivity index (χ0n) is 15.8. The number of pyridine rings is 1. The van der Waals surface area contributed by atoms with E-state index in [1.807, 2.05) is 6.07 Å². The van der Waals surface area contributed by atoms with E-state index in [1.165, 1.54) is 6.20 Å². The molecule has 0 saturated heterocycles. The summed E-state index contributed by atoms with van der Waals surface area (Å²) in [7, 11) is 0. The molecule has 6 rings (SSSR count). The van der Waals surface area contributed by atoms with E-state index < -0.39 is 24.4 Å². The zero-order valence-corrected chi connectivity index (χ0v) is 15.8. The number of rotatable bonds is 0. The van der Waals surface area contributed by atoms with Crippen LogP contribution in [0.25, 0.3) is 0 Å². The quantitative estimate of drug-likeness (QED) is 0.621. The molecule has 3 N–H and O–H groups in total. The second kappa shape index (κ2) is 6.96. The number of amides is 1. The van der Waals surface area contributed by atoms with Crippen molar-refractivity contribution in [2.75, 3.05) is 5.32 Å². The standard InChI is InChI=1S/C20H23F2N5O2/c21-20(22)10-15-8-13(3-4-23-15)24-18-9-17(26-27-18)11-1-2-16(5-11)29-19(28)25-14-6-12(20)7-14/h3-4,8-9,11-12,14,16H,1-2,5-7,10H2,(H,25,28)(H2,24,26,27)/t11-,12?,14?,16+/m0/s1. The predicted octanol–water partition coefficient (Wildman–Crippen LogP) is 3.88. The first-order chi connectivity index (χ1) is 13.9. The van der Waals surface area contributed by atoms with Gasteiger partial charge in [-0.05, 0) is 44.2 Å². The number of nitrogens with zero attached hydrogens (tertiary/aromatic N) is 2. The average molecular weight is 403 g/mol. The van der Waals surface area contributed by atoms with Gasteiger partial charge in [0.1, 0.15) is 6.10 Å². The Morgan fingerprint density at radius 3 is 2.90 bits per heavy atom. The number of aromatic amines is 1. The number of carbonyl (C=O) groups excluding carboxylic acids is 1. The molecule has 1 amide bonds. The van der Waals surface area contributed by atoms with Gasteiger partial charge in [-0.25, -0.2) is 13.6 Å². The van der Waals surface area contributed by atoms with Crippen LogP contribution in [0.4, 0.5) is 25.1 Å². The van der Waals surface area contributed by atoms with Gasteiger partial charge < -0.3 is 15.4 Å². The maximum Gasteiger partial charge on any atom is 0.407 e. The van der Waals surface area contributed by atoms with Crippen LogP contribution in [0.15, 0.2) is 24.4 Å². The van der Waals surface area contributed by atoms with Crippen LogP contribution in [0.3, 0.4) is 0 Å². The van der Waals surface area contributed by atoms with Gasteiger partial charge in [-0.3, -0.25) is 10.1 Å². The summed E-state index contributed by atoms with van der Waals surface area (Å²) in [6, 6.07) is 5.04. The minimum atomic E-state index is -2.88. The fourth-order valence-corrected chi connectivity index (χ4v) is 4.56. The monoisotopic (exact) mass is 403 g/mol. The lowest BCUT2D eigenvalue weighted by molar-refractivity contribution is -0.0962. The molecule has 29 heavy (non-hydrogen) atoms. The summed E-state index contributed by atoms with van der Waals surface area (Å²) in [6.07, 6.45) is 3.32. The van der Waals surface area contributed by atoms with E-state index in [4.69, 9.17) is 4.74 Å². The van der Waals surface area contributed by atoms with Crippen molar-refractivity contribution in [1.29, 1.82) is 0 Å². The topological polar surface area (TPSA) is 91.9 Å². The van der Waals surface area contributed by atoms with Crippen molar-refractivity contribution in [3.63, 3.8) is 0 Å². The van der Waals surface area contributed by atoms with E-state index in [-0.39, 0.29) is 30.9 Å². The molecule has 0 aromatic carbocycles. The Balaban J connectivity index is 1.41. The molecule has 2 aliphatic heterocycles. The van der Waals surface area contributed by atoms with Crippen molar-refractivity contribution in [3.8, 4) is 0 Å². The second-order valence-electron chi connectivity index (χ2n) is 8.35. The Labute approximate surface area is 166 Å². The first-order valence-electron chi connectivity index (χ1n) is 10.1. The number of halogens is 2. The lowest BCUT2D eigenvalue weighted by Gasteiger charge is -2.40. The lowest BCUT2D eigenvalue weighted by atomic mass is 9.75. The fraction of sp³-hybridized carbons (Fsp3) is 0.550.